The maximum Gasteiger partial charge on any atom is 0.340 e. The molecule has 1 amide bonds. The summed E-state index contributed by atoms with van der Waals surface area (Å²) in [4.78, 5) is 37.7. The molecule has 0 spiro atoms. The number of ether oxygens (including phenoxy) is 2. The molecule has 0 fully saturated rings. The molecular formula is C28H27NO5. The van der Waals surface area contributed by atoms with E-state index in [2.05, 4.69) is 5.32 Å². The molecule has 0 aromatic heterocycles. The van der Waals surface area contributed by atoms with E-state index in [1.54, 1.807) is 43.5 Å². The van der Waals surface area contributed by atoms with Crippen molar-refractivity contribution >= 4 is 29.4 Å². The number of ketones is 1. The number of Topliss-reactive ketones (excluding diaryl/α,β-unsaturated/α-hetero) is 1. The van der Waals surface area contributed by atoms with Gasteiger partial charge in [0.25, 0.3) is 0 Å². The largest absolute Gasteiger partial charge is 0.497 e. The van der Waals surface area contributed by atoms with Gasteiger partial charge in [-0.3, -0.25) is 9.59 Å². The Morgan fingerprint density at radius 1 is 0.853 bits per heavy atom. The first kappa shape index (κ1) is 24.5. The molecule has 0 heterocycles. The van der Waals surface area contributed by atoms with Crippen molar-refractivity contribution in [2.45, 2.75) is 20.8 Å². The molecule has 1 N–H and O–H groups in total. The highest BCUT2D eigenvalue weighted by Crippen LogP contribution is 2.19. The van der Waals surface area contributed by atoms with Crippen molar-refractivity contribution in [1.82, 2.24) is 0 Å². The van der Waals surface area contributed by atoms with E-state index < -0.39 is 11.9 Å². The number of methoxy groups -OCH3 is 1. The van der Waals surface area contributed by atoms with Gasteiger partial charge in [0, 0.05) is 11.6 Å². The number of esters is 1. The zero-order valence-electron chi connectivity index (χ0n) is 19.7. The molecule has 0 radical (unpaired) electrons. The van der Waals surface area contributed by atoms with Gasteiger partial charge in [-0.25, -0.2) is 4.79 Å². The molecule has 3 aromatic rings. The van der Waals surface area contributed by atoms with Crippen molar-refractivity contribution in [2.24, 2.45) is 0 Å². The number of amides is 1. The van der Waals surface area contributed by atoms with E-state index in [0.29, 0.717) is 11.3 Å². The van der Waals surface area contributed by atoms with Gasteiger partial charge >= 0.3 is 5.97 Å². The fraction of sp³-hybridized carbons (Fsp3) is 0.179. The molecule has 0 aliphatic carbocycles. The molecular weight excluding hydrogens is 430 g/mol. The van der Waals surface area contributed by atoms with Crippen molar-refractivity contribution in [3.8, 4) is 5.75 Å². The first-order valence-electron chi connectivity index (χ1n) is 10.8. The van der Waals surface area contributed by atoms with Gasteiger partial charge in [0.2, 0.25) is 11.7 Å². The average Bonchev–Trinajstić information content (AvgIpc) is 2.84. The molecule has 0 unspecified atom stereocenters. The highest BCUT2D eigenvalue weighted by Gasteiger charge is 2.17. The summed E-state index contributed by atoms with van der Waals surface area (Å²) in [5.74, 6) is -0.652. The number of carbonyl (C=O) groups excluding carboxylic acids is 3. The van der Waals surface area contributed by atoms with Crippen LogP contribution in [0.15, 0.2) is 66.7 Å². The van der Waals surface area contributed by atoms with E-state index in [4.69, 9.17) is 9.47 Å². The Morgan fingerprint density at radius 2 is 1.53 bits per heavy atom. The van der Waals surface area contributed by atoms with Crippen LogP contribution in [-0.4, -0.2) is 31.4 Å². The van der Waals surface area contributed by atoms with Crippen LogP contribution in [0.4, 0.5) is 5.69 Å². The smallest absolute Gasteiger partial charge is 0.340 e. The summed E-state index contributed by atoms with van der Waals surface area (Å²) in [7, 11) is 1.58. The number of rotatable bonds is 8. The van der Waals surface area contributed by atoms with Crippen LogP contribution in [-0.2, 0) is 9.53 Å². The normalized spacial score (nSPS) is 10.7. The van der Waals surface area contributed by atoms with Crippen LogP contribution in [0, 0.1) is 20.8 Å². The molecule has 174 valence electrons. The molecule has 0 aliphatic heterocycles. The molecule has 0 bridgehead atoms. The number of hydrogen-bond donors (Lipinski definition) is 1. The van der Waals surface area contributed by atoms with Crippen LogP contribution in [0.5, 0.6) is 5.75 Å². The maximum absolute atomic E-state index is 12.7. The molecule has 0 saturated heterocycles. The number of nitrogens with one attached hydrogen (secondary N) is 1. The fourth-order valence-corrected chi connectivity index (χ4v) is 3.38. The van der Waals surface area contributed by atoms with Crippen LogP contribution in [0.3, 0.4) is 0 Å². The molecule has 3 rings (SSSR count). The van der Waals surface area contributed by atoms with Crippen LogP contribution in [0.25, 0.3) is 6.08 Å². The monoisotopic (exact) mass is 457 g/mol. The van der Waals surface area contributed by atoms with Gasteiger partial charge in [-0.05, 0) is 79.4 Å². The number of benzene rings is 3. The zero-order chi connectivity index (χ0) is 24.7. The van der Waals surface area contributed by atoms with Crippen molar-refractivity contribution in [3.63, 3.8) is 0 Å². The lowest BCUT2D eigenvalue weighted by Gasteiger charge is -2.11. The summed E-state index contributed by atoms with van der Waals surface area (Å²) < 4.78 is 10.4. The second-order valence-corrected chi connectivity index (χ2v) is 7.89. The first-order chi connectivity index (χ1) is 16.3. The number of anilines is 1. The van der Waals surface area contributed by atoms with Crippen LogP contribution in [0.1, 0.15) is 43.0 Å². The molecule has 6 nitrogen and oxygen atoms in total. The lowest BCUT2D eigenvalue weighted by molar-refractivity contribution is -0.111. The molecule has 0 atom stereocenters. The Labute approximate surface area is 199 Å². The van der Waals surface area contributed by atoms with E-state index in [1.807, 2.05) is 45.0 Å². The van der Waals surface area contributed by atoms with Gasteiger partial charge in [-0.15, -0.1) is 0 Å². The summed E-state index contributed by atoms with van der Waals surface area (Å²) in [6, 6.07) is 17.5. The van der Waals surface area contributed by atoms with E-state index in [1.165, 1.54) is 12.1 Å². The van der Waals surface area contributed by atoms with Gasteiger partial charge in [0.05, 0.1) is 18.4 Å². The summed E-state index contributed by atoms with van der Waals surface area (Å²) >= 11 is 0. The minimum Gasteiger partial charge on any atom is -0.497 e. The quantitative estimate of drug-likeness (QED) is 0.282. The molecule has 34 heavy (non-hydrogen) atoms. The van der Waals surface area contributed by atoms with E-state index >= 15 is 0 Å². The Balaban J connectivity index is 1.65. The van der Waals surface area contributed by atoms with Gasteiger partial charge in [-0.2, -0.15) is 0 Å². The minimum absolute atomic E-state index is 0.165. The maximum atomic E-state index is 12.7. The lowest BCUT2D eigenvalue weighted by Crippen LogP contribution is -2.18. The second kappa shape index (κ2) is 11.1. The van der Waals surface area contributed by atoms with E-state index in [-0.39, 0.29) is 18.0 Å². The topological polar surface area (TPSA) is 81.7 Å². The summed E-state index contributed by atoms with van der Waals surface area (Å²) in [5, 5.41) is 2.69. The van der Waals surface area contributed by atoms with Gasteiger partial charge in [0.1, 0.15) is 5.75 Å². The zero-order valence-corrected chi connectivity index (χ0v) is 19.7. The summed E-state index contributed by atoms with van der Waals surface area (Å²) in [6.07, 6.45) is 3.02. The third-order valence-electron chi connectivity index (χ3n) is 5.42. The number of hydrogen-bond acceptors (Lipinski definition) is 5. The SMILES string of the molecule is COc1ccc(/C=C/C(=O)Nc2ccccc2C(=O)OCC(=O)c2cc(C)c(C)cc2C)cc1. The highest BCUT2D eigenvalue weighted by atomic mass is 16.5. The molecule has 0 saturated carbocycles. The summed E-state index contributed by atoms with van der Waals surface area (Å²) in [5.41, 5.74) is 4.74. The van der Waals surface area contributed by atoms with Crippen LogP contribution in [0.2, 0.25) is 0 Å². The van der Waals surface area contributed by atoms with Crippen LogP contribution < -0.4 is 10.1 Å². The average molecular weight is 458 g/mol. The Bertz CT molecular complexity index is 1240. The molecule has 3 aromatic carbocycles. The third kappa shape index (κ3) is 6.19. The van der Waals surface area contributed by atoms with Crippen molar-refractivity contribution in [3.05, 3.63) is 100 Å². The van der Waals surface area contributed by atoms with E-state index in [0.717, 1.165) is 28.0 Å². The second-order valence-electron chi connectivity index (χ2n) is 7.89. The molecule has 6 heteroatoms. The first-order valence-corrected chi connectivity index (χ1v) is 10.8. The fourth-order valence-electron chi connectivity index (χ4n) is 3.38. The summed E-state index contributed by atoms with van der Waals surface area (Å²) in [6.45, 7) is 5.38. The van der Waals surface area contributed by atoms with Gasteiger partial charge in [-0.1, -0.05) is 30.3 Å². The van der Waals surface area contributed by atoms with Gasteiger partial charge < -0.3 is 14.8 Å². The standard InChI is InChI=1S/C28H27NO5/c1-18-15-20(3)24(16-19(18)2)26(30)17-34-28(32)23-7-5-6-8-25(23)29-27(31)14-11-21-9-12-22(33-4)13-10-21/h5-16H,17H2,1-4H3,(H,29,31)/b14-11+. The van der Waals surface area contributed by atoms with Crippen molar-refractivity contribution in [1.29, 1.82) is 0 Å². The third-order valence-corrected chi connectivity index (χ3v) is 5.42. The van der Waals surface area contributed by atoms with Crippen molar-refractivity contribution < 1.29 is 23.9 Å². The number of carbonyl (C=O) groups is 3. The van der Waals surface area contributed by atoms with Crippen LogP contribution >= 0.6 is 0 Å². The van der Waals surface area contributed by atoms with E-state index in [9.17, 15) is 14.4 Å². The predicted octanol–water partition coefficient (Wildman–Crippen LogP) is 5.31. The Hall–Kier alpha value is -4.19. The Kier molecular flexibility index (Phi) is 7.98. The molecule has 0 aliphatic rings. The highest BCUT2D eigenvalue weighted by molar-refractivity contribution is 6.07. The van der Waals surface area contributed by atoms with Gasteiger partial charge in [0.15, 0.2) is 6.61 Å². The number of aryl methyl sites for hydroxylation is 3. The Morgan fingerprint density at radius 3 is 2.24 bits per heavy atom. The predicted molar refractivity (Wildman–Crippen MR) is 132 cm³/mol. The minimum atomic E-state index is -0.690. The van der Waals surface area contributed by atoms with Crippen molar-refractivity contribution in [2.75, 3.05) is 19.0 Å². The number of para-hydroxylation sites is 1. The lowest BCUT2D eigenvalue weighted by atomic mass is 9.98.